The first kappa shape index (κ1) is 16.3. The van der Waals surface area contributed by atoms with Crippen LogP contribution < -0.4 is 10.1 Å². The van der Waals surface area contributed by atoms with Crippen molar-refractivity contribution in [1.82, 2.24) is 5.32 Å². The Kier molecular flexibility index (Phi) is 5.35. The summed E-state index contributed by atoms with van der Waals surface area (Å²) in [4.78, 5) is 22.9. The van der Waals surface area contributed by atoms with E-state index in [1.165, 1.54) is 18.2 Å². The Hall–Kier alpha value is -2.12. The second-order valence-corrected chi connectivity index (χ2v) is 5.85. The van der Waals surface area contributed by atoms with Gasteiger partial charge in [0.05, 0.1) is 16.0 Å². The lowest BCUT2D eigenvalue weighted by Gasteiger charge is -2.13. The Morgan fingerprint density at radius 1 is 1.50 bits per heavy atom. The third-order valence-electron chi connectivity index (χ3n) is 2.83. The zero-order chi connectivity index (χ0) is 16.1. The van der Waals surface area contributed by atoms with Gasteiger partial charge in [0.25, 0.3) is 11.6 Å². The van der Waals surface area contributed by atoms with Crippen LogP contribution in [0, 0.1) is 10.1 Å². The third-order valence-corrected chi connectivity index (χ3v) is 4.18. The van der Waals surface area contributed by atoms with Gasteiger partial charge in [-0.1, -0.05) is 17.7 Å². The van der Waals surface area contributed by atoms with Gasteiger partial charge < -0.3 is 10.1 Å². The lowest BCUT2D eigenvalue weighted by Crippen LogP contribution is -2.30. The smallest absolute Gasteiger partial charge is 0.271 e. The van der Waals surface area contributed by atoms with E-state index < -0.39 is 4.92 Å². The fourth-order valence-electron chi connectivity index (χ4n) is 1.76. The Labute approximate surface area is 135 Å². The lowest BCUT2D eigenvalue weighted by molar-refractivity contribution is -0.384. The summed E-state index contributed by atoms with van der Waals surface area (Å²) in [5, 5.41) is 15.4. The van der Waals surface area contributed by atoms with Gasteiger partial charge in [-0.2, -0.15) is 0 Å². The van der Waals surface area contributed by atoms with Crippen molar-refractivity contribution in [3.05, 3.63) is 55.7 Å². The summed E-state index contributed by atoms with van der Waals surface area (Å²) in [5.74, 6) is -0.0680. The van der Waals surface area contributed by atoms with Gasteiger partial charge in [-0.15, -0.1) is 11.3 Å². The molecule has 0 saturated carbocycles. The average molecular weight is 341 g/mol. The Morgan fingerprint density at radius 2 is 2.27 bits per heavy atom. The molecule has 0 fully saturated rings. The number of carbonyl (C=O) groups excluding carboxylic acids is 1. The number of halogens is 1. The van der Waals surface area contributed by atoms with Gasteiger partial charge in [-0.3, -0.25) is 14.9 Å². The average Bonchev–Trinajstić information content (AvgIpc) is 3.00. The number of hydrogen-bond acceptors (Lipinski definition) is 5. The number of nitrogens with zero attached hydrogens (tertiary/aromatic N) is 1. The first-order chi connectivity index (χ1) is 10.5. The molecule has 0 saturated heterocycles. The molecule has 1 aromatic heterocycles. The van der Waals surface area contributed by atoms with E-state index in [1.54, 1.807) is 11.3 Å². The Balaban J connectivity index is 1.90. The Bertz CT molecular complexity index is 675. The summed E-state index contributed by atoms with van der Waals surface area (Å²) < 4.78 is 5.29. The Morgan fingerprint density at radius 3 is 2.86 bits per heavy atom. The van der Waals surface area contributed by atoms with Crippen molar-refractivity contribution in [3.8, 4) is 5.75 Å². The van der Waals surface area contributed by atoms with Crippen molar-refractivity contribution in [1.29, 1.82) is 0 Å². The number of carbonyl (C=O) groups is 1. The molecule has 0 bridgehead atoms. The van der Waals surface area contributed by atoms with Crippen molar-refractivity contribution in [2.45, 2.75) is 13.0 Å². The predicted molar refractivity (Wildman–Crippen MR) is 84.5 cm³/mol. The van der Waals surface area contributed by atoms with E-state index >= 15 is 0 Å². The quantitative estimate of drug-likeness (QED) is 0.643. The van der Waals surface area contributed by atoms with Gasteiger partial charge in [0.1, 0.15) is 5.75 Å². The number of nitrogens with one attached hydrogen (secondary N) is 1. The second-order valence-electron chi connectivity index (χ2n) is 4.47. The van der Waals surface area contributed by atoms with E-state index in [2.05, 4.69) is 5.32 Å². The maximum absolute atomic E-state index is 11.8. The van der Waals surface area contributed by atoms with Gasteiger partial charge in [-0.25, -0.2) is 0 Å². The van der Waals surface area contributed by atoms with Crippen LogP contribution in [0.15, 0.2) is 35.7 Å². The summed E-state index contributed by atoms with van der Waals surface area (Å²) in [5.41, 5.74) is -0.131. The molecular formula is C14H13ClN2O4S. The molecule has 0 radical (unpaired) electrons. The number of nitro groups is 1. The van der Waals surface area contributed by atoms with E-state index in [4.69, 9.17) is 16.3 Å². The highest BCUT2D eigenvalue weighted by Gasteiger charge is 2.13. The fourth-order valence-corrected chi connectivity index (χ4v) is 2.72. The maximum Gasteiger partial charge on any atom is 0.271 e. The van der Waals surface area contributed by atoms with Crippen LogP contribution in [0.3, 0.4) is 0 Å². The van der Waals surface area contributed by atoms with Gasteiger partial charge in [0, 0.05) is 17.0 Å². The first-order valence-electron chi connectivity index (χ1n) is 6.37. The SMILES string of the molecule is C[C@H](NC(=O)COc1ccc([N+](=O)[O-])cc1Cl)c1cccs1. The number of nitro benzene ring substituents is 1. The van der Waals surface area contributed by atoms with Gasteiger partial charge in [0.2, 0.25) is 0 Å². The molecule has 1 aromatic carbocycles. The molecule has 1 heterocycles. The van der Waals surface area contributed by atoms with Gasteiger partial charge in [-0.05, 0) is 24.4 Å². The van der Waals surface area contributed by atoms with Crippen LogP contribution in [0.1, 0.15) is 17.8 Å². The number of benzene rings is 1. The van der Waals surface area contributed by atoms with Crippen LogP contribution in [-0.2, 0) is 4.79 Å². The molecule has 0 aliphatic carbocycles. The molecule has 8 heteroatoms. The summed E-state index contributed by atoms with van der Waals surface area (Å²) >= 11 is 7.44. The van der Waals surface area contributed by atoms with Crippen molar-refractivity contribution < 1.29 is 14.5 Å². The zero-order valence-corrected chi connectivity index (χ0v) is 13.2. The second kappa shape index (κ2) is 7.24. The number of thiophene rings is 1. The van der Waals surface area contributed by atoms with Crippen molar-refractivity contribution in [2.24, 2.45) is 0 Å². The van der Waals surface area contributed by atoms with E-state index in [9.17, 15) is 14.9 Å². The first-order valence-corrected chi connectivity index (χ1v) is 7.62. The topological polar surface area (TPSA) is 81.5 Å². The predicted octanol–water partition coefficient (Wildman–Crippen LogP) is 3.57. The van der Waals surface area contributed by atoms with Gasteiger partial charge >= 0.3 is 0 Å². The van der Waals surface area contributed by atoms with Crippen molar-refractivity contribution in [2.75, 3.05) is 6.61 Å². The van der Waals surface area contributed by atoms with E-state index in [0.29, 0.717) is 0 Å². The van der Waals surface area contributed by atoms with E-state index in [0.717, 1.165) is 4.88 Å². The number of ether oxygens (including phenoxy) is 1. The van der Waals surface area contributed by atoms with Crippen molar-refractivity contribution >= 4 is 34.5 Å². The van der Waals surface area contributed by atoms with E-state index in [1.807, 2.05) is 24.4 Å². The normalized spacial score (nSPS) is 11.7. The molecule has 22 heavy (non-hydrogen) atoms. The number of rotatable bonds is 6. The molecule has 1 N–H and O–H groups in total. The van der Waals surface area contributed by atoms with Crippen molar-refractivity contribution in [3.63, 3.8) is 0 Å². The highest BCUT2D eigenvalue weighted by molar-refractivity contribution is 7.10. The molecule has 6 nitrogen and oxygen atoms in total. The van der Waals surface area contributed by atoms with Crippen LogP contribution in [-0.4, -0.2) is 17.4 Å². The molecule has 116 valence electrons. The van der Waals surface area contributed by atoms with Crippen LogP contribution in [0.2, 0.25) is 5.02 Å². The minimum Gasteiger partial charge on any atom is -0.482 e. The molecule has 2 rings (SSSR count). The lowest BCUT2D eigenvalue weighted by atomic mass is 10.3. The molecule has 0 unspecified atom stereocenters. The van der Waals surface area contributed by atoms with Crippen LogP contribution in [0.4, 0.5) is 5.69 Å². The number of amides is 1. The molecule has 0 aliphatic rings. The molecule has 0 aliphatic heterocycles. The third kappa shape index (κ3) is 4.19. The number of non-ortho nitro benzene ring substituents is 1. The number of hydrogen-bond donors (Lipinski definition) is 1. The van der Waals surface area contributed by atoms with Gasteiger partial charge in [0.15, 0.2) is 6.61 Å². The minimum atomic E-state index is -0.551. The largest absolute Gasteiger partial charge is 0.482 e. The highest BCUT2D eigenvalue weighted by Crippen LogP contribution is 2.28. The standard InChI is InChI=1S/C14H13ClN2O4S/c1-9(13-3-2-6-22-13)16-14(18)8-21-12-5-4-10(17(19)20)7-11(12)15/h2-7,9H,8H2,1H3,(H,16,18)/t9-/m0/s1. The molecule has 0 spiro atoms. The molecule has 2 aromatic rings. The highest BCUT2D eigenvalue weighted by atomic mass is 35.5. The summed E-state index contributed by atoms with van der Waals surface area (Å²) in [6.07, 6.45) is 0. The minimum absolute atomic E-state index is 0.0910. The summed E-state index contributed by atoms with van der Waals surface area (Å²) in [6.45, 7) is 1.66. The summed E-state index contributed by atoms with van der Waals surface area (Å²) in [6, 6.07) is 7.57. The molecule has 1 atom stereocenters. The van der Waals surface area contributed by atoms with E-state index in [-0.39, 0.29) is 35.0 Å². The monoisotopic (exact) mass is 340 g/mol. The van der Waals surface area contributed by atoms with Crippen LogP contribution >= 0.6 is 22.9 Å². The summed E-state index contributed by atoms with van der Waals surface area (Å²) in [7, 11) is 0. The molecular weight excluding hydrogens is 328 g/mol. The van der Waals surface area contributed by atoms with Crippen LogP contribution in [0.5, 0.6) is 5.75 Å². The molecule has 1 amide bonds. The maximum atomic E-state index is 11.8. The fraction of sp³-hybridized carbons (Fsp3) is 0.214. The zero-order valence-electron chi connectivity index (χ0n) is 11.6. The van der Waals surface area contributed by atoms with Crippen LogP contribution in [0.25, 0.3) is 0 Å².